The van der Waals surface area contributed by atoms with Gasteiger partial charge in [-0.25, -0.2) is 4.79 Å². The van der Waals surface area contributed by atoms with Crippen LogP contribution in [0, 0.1) is 6.92 Å². The minimum absolute atomic E-state index is 0.124. The molecule has 0 bridgehead atoms. The molecule has 104 valence electrons. The van der Waals surface area contributed by atoms with Crippen molar-refractivity contribution in [1.29, 1.82) is 0 Å². The molecule has 0 aliphatic heterocycles. The van der Waals surface area contributed by atoms with Crippen LogP contribution in [0.1, 0.15) is 16.1 Å². The molecule has 2 heterocycles. The zero-order valence-corrected chi connectivity index (χ0v) is 11.1. The monoisotopic (exact) mass is 281 g/mol. The molecule has 0 amide bonds. The van der Waals surface area contributed by atoms with Gasteiger partial charge in [0.2, 0.25) is 11.8 Å². The van der Waals surface area contributed by atoms with Crippen molar-refractivity contribution in [3.63, 3.8) is 0 Å². The fourth-order valence-electron chi connectivity index (χ4n) is 1.98. The fourth-order valence-corrected chi connectivity index (χ4v) is 1.98. The van der Waals surface area contributed by atoms with Crippen molar-refractivity contribution >= 4 is 5.97 Å². The molecule has 0 aliphatic rings. The predicted molar refractivity (Wildman–Crippen MR) is 74.7 cm³/mol. The molecule has 0 radical (unpaired) electrons. The average molecular weight is 281 g/mol. The lowest BCUT2D eigenvalue weighted by atomic mass is 10.1. The van der Waals surface area contributed by atoms with Gasteiger partial charge in [0.15, 0.2) is 0 Å². The van der Waals surface area contributed by atoms with Gasteiger partial charge < -0.3 is 9.52 Å². The molecule has 3 aromatic rings. The second-order valence-electron chi connectivity index (χ2n) is 4.45. The summed E-state index contributed by atoms with van der Waals surface area (Å²) < 4.78 is 5.59. The first kappa shape index (κ1) is 13.0. The summed E-state index contributed by atoms with van der Waals surface area (Å²) in [6.07, 6.45) is 1.65. The van der Waals surface area contributed by atoms with Crippen molar-refractivity contribution in [1.82, 2.24) is 15.2 Å². The molecule has 0 spiro atoms. The van der Waals surface area contributed by atoms with E-state index in [1.165, 1.54) is 6.07 Å². The van der Waals surface area contributed by atoms with E-state index in [1.807, 2.05) is 13.0 Å². The highest BCUT2D eigenvalue weighted by atomic mass is 16.4. The molecule has 0 atom stereocenters. The largest absolute Gasteiger partial charge is 0.478 e. The molecule has 0 saturated carbocycles. The molecule has 0 fully saturated rings. The van der Waals surface area contributed by atoms with Crippen molar-refractivity contribution in [3.05, 3.63) is 53.9 Å². The van der Waals surface area contributed by atoms with E-state index in [0.717, 1.165) is 11.3 Å². The Hall–Kier alpha value is -3.02. The van der Waals surface area contributed by atoms with Gasteiger partial charge in [0, 0.05) is 17.5 Å². The van der Waals surface area contributed by atoms with E-state index < -0.39 is 5.97 Å². The van der Waals surface area contributed by atoms with E-state index in [2.05, 4.69) is 15.2 Å². The van der Waals surface area contributed by atoms with E-state index in [4.69, 9.17) is 4.42 Å². The third-order valence-electron chi connectivity index (χ3n) is 2.96. The van der Waals surface area contributed by atoms with Crippen LogP contribution in [0.4, 0.5) is 0 Å². The Labute approximate surface area is 120 Å². The Balaban J connectivity index is 2.05. The Morgan fingerprint density at radius 2 is 1.90 bits per heavy atom. The molecule has 3 rings (SSSR count). The number of pyridine rings is 1. The maximum atomic E-state index is 11.2. The normalized spacial score (nSPS) is 10.5. The highest BCUT2D eigenvalue weighted by Gasteiger charge is 2.17. The molecule has 1 N–H and O–H groups in total. The third-order valence-corrected chi connectivity index (χ3v) is 2.96. The number of hydrogen-bond acceptors (Lipinski definition) is 5. The minimum Gasteiger partial charge on any atom is -0.478 e. The molecule has 0 saturated heterocycles. The molecule has 1 aromatic carbocycles. The van der Waals surface area contributed by atoms with E-state index in [1.54, 1.807) is 30.5 Å². The number of benzene rings is 1. The number of aromatic nitrogens is 3. The van der Waals surface area contributed by atoms with Crippen LogP contribution >= 0.6 is 0 Å². The minimum atomic E-state index is -1.04. The lowest BCUT2D eigenvalue weighted by Gasteiger charge is -2.00. The molecule has 6 heteroatoms. The van der Waals surface area contributed by atoms with Gasteiger partial charge in [-0.2, -0.15) is 0 Å². The van der Waals surface area contributed by atoms with Crippen LogP contribution in [-0.2, 0) is 0 Å². The summed E-state index contributed by atoms with van der Waals surface area (Å²) in [5, 5.41) is 17.1. The van der Waals surface area contributed by atoms with Crippen LogP contribution in [0.3, 0.4) is 0 Å². The van der Waals surface area contributed by atoms with Crippen molar-refractivity contribution in [3.8, 4) is 22.9 Å². The highest BCUT2D eigenvalue weighted by Crippen LogP contribution is 2.26. The van der Waals surface area contributed by atoms with Crippen LogP contribution in [0.5, 0.6) is 0 Å². The first-order valence-electron chi connectivity index (χ1n) is 6.24. The molecule has 2 aromatic heterocycles. The zero-order valence-electron chi connectivity index (χ0n) is 11.1. The van der Waals surface area contributed by atoms with Crippen molar-refractivity contribution in [2.45, 2.75) is 6.92 Å². The van der Waals surface area contributed by atoms with Crippen LogP contribution in [0.15, 0.2) is 47.0 Å². The van der Waals surface area contributed by atoms with Gasteiger partial charge in [0.25, 0.3) is 0 Å². The summed E-state index contributed by atoms with van der Waals surface area (Å²) in [4.78, 5) is 15.3. The third kappa shape index (κ3) is 2.51. The van der Waals surface area contributed by atoms with Crippen LogP contribution in [0.25, 0.3) is 22.9 Å². The van der Waals surface area contributed by atoms with E-state index >= 15 is 0 Å². The predicted octanol–water partition coefficient (Wildman–Crippen LogP) is 2.81. The number of aromatic carboxylic acids is 1. The van der Waals surface area contributed by atoms with Gasteiger partial charge in [0.1, 0.15) is 0 Å². The summed E-state index contributed by atoms with van der Waals surface area (Å²) >= 11 is 0. The number of carboxylic acid groups (broad SMARTS) is 1. The first-order valence-corrected chi connectivity index (χ1v) is 6.24. The second-order valence-corrected chi connectivity index (χ2v) is 4.45. The zero-order chi connectivity index (χ0) is 14.8. The number of rotatable bonds is 3. The summed E-state index contributed by atoms with van der Waals surface area (Å²) in [5.74, 6) is -0.529. The van der Waals surface area contributed by atoms with Gasteiger partial charge >= 0.3 is 5.97 Å². The number of carbonyl (C=O) groups is 1. The van der Waals surface area contributed by atoms with Gasteiger partial charge in [0.05, 0.1) is 11.1 Å². The Morgan fingerprint density at radius 3 is 2.67 bits per heavy atom. The van der Waals surface area contributed by atoms with Crippen LogP contribution < -0.4 is 0 Å². The second kappa shape index (κ2) is 5.16. The van der Waals surface area contributed by atoms with E-state index in [0.29, 0.717) is 11.5 Å². The SMILES string of the molecule is Cc1cc(-c2nnc(-c3ccccc3C(=O)O)o2)ccn1. The summed E-state index contributed by atoms with van der Waals surface area (Å²) in [6, 6.07) is 10.1. The van der Waals surface area contributed by atoms with E-state index in [9.17, 15) is 9.90 Å². The molecule has 0 aliphatic carbocycles. The number of carboxylic acids is 1. The lowest BCUT2D eigenvalue weighted by molar-refractivity contribution is 0.0697. The lowest BCUT2D eigenvalue weighted by Crippen LogP contribution is -1.98. The number of hydrogen-bond donors (Lipinski definition) is 1. The molecular weight excluding hydrogens is 270 g/mol. The Morgan fingerprint density at radius 1 is 1.14 bits per heavy atom. The molecule has 6 nitrogen and oxygen atoms in total. The van der Waals surface area contributed by atoms with Gasteiger partial charge in [-0.1, -0.05) is 12.1 Å². The van der Waals surface area contributed by atoms with Gasteiger partial charge in [-0.3, -0.25) is 4.98 Å². The molecular formula is C15H11N3O3. The van der Waals surface area contributed by atoms with Gasteiger partial charge in [-0.05, 0) is 31.2 Å². The summed E-state index contributed by atoms with van der Waals surface area (Å²) in [6.45, 7) is 1.86. The van der Waals surface area contributed by atoms with Crippen molar-refractivity contribution in [2.24, 2.45) is 0 Å². The smallest absolute Gasteiger partial charge is 0.336 e. The number of nitrogens with zero attached hydrogens (tertiary/aromatic N) is 3. The first-order chi connectivity index (χ1) is 10.1. The fraction of sp³-hybridized carbons (Fsp3) is 0.0667. The molecule has 21 heavy (non-hydrogen) atoms. The molecule has 0 unspecified atom stereocenters. The van der Waals surface area contributed by atoms with Gasteiger partial charge in [-0.15, -0.1) is 10.2 Å². The standard InChI is InChI=1S/C15H11N3O3/c1-9-8-10(6-7-16-9)13-17-18-14(21-13)11-4-2-3-5-12(11)15(19)20/h2-8H,1H3,(H,19,20). The van der Waals surface area contributed by atoms with Crippen molar-refractivity contribution in [2.75, 3.05) is 0 Å². The highest BCUT2D eigenvalue weighted by molar-refractivity contribution is 5.94. The van der Waals surface area contributed by atoms with Crippen LogP contribution in [-0.4, -0.2) is 26.3 Å². The van der Waals surface area contributed by atoms with Crippen LogP contribution in [0.2, 0.25) is 0 Å². The average Bonchev–Trinajstić information content (AvgIpc) is 2.97. The maximum Gasteiger partial charge on any atom is 0.336 e. The topological polar surface area (TPSA) is 89.1 Å². The summed E-state index contributed by atoms with van der Waals surface area (Å²) in [7, 11) is 0. The number of aryl methyl sites for hydroxylation is 1. The summed E-state index contributed by atoms with van der Waals surface area (Å²) in [5.41, 5.74) is 2.10. The quantitative estimate of drug-likeness (QED) is 0.794. The van der Waals surface area contributed by atoms with Crippen molar-refractivity contribution < 1.29 is 14.3 Å². The Kier molecular flexibility index (Phi) is 3.19. The Bertz CT molecular complexity index is 811. The van der Waals surface area contributed by atoms with E-state index in [-0.39, 0.29) is 11.5 Å². The maximum absolute atomic E-state index is 11.2.